The zero-order valence-electron chi connectivity index (χ0n) is 11.2. The fourth-order valence-electron chi connectivity index (χ4n) is 2.41. The second-order valence-electron chi connectivity index (χ2n) is 5.02. The zero-order chi connectivity index (χ0) is 13.8. The first-order valence-electron chi connectivity index (χ1n) is 6.77. The highest BCUT2D eigenvalue weighted by molar-refractivity contribution is 7.07. The minimum Gasteiger partial charge on any atom is -0.371 e. The Morgan fingerprint density at radius 2 is 2.15 bits per heavy atom. The lowest BCUT2D eigenvalue weighted by molar-refractivity contribution is -0.121. The number of amides is 1. The predicted molar refractivity (Wildman–Crippen MR) is 79.8 cm³/mol. The molecule has 2 heterocycles. The molecule has 3 rings (SSSR count). The van der Waals surface area contributed by atoms with Crippen LogP contribution >= 0.6 is 11.3 Å². The summed E-state index contributed by atoms with van der Waals surface area (Å²) in [6.07, 6.45) is 1.40. The Hall–Kier alpha value is -1.65. The summed E-state index contributed by atoms with van der Waals surface area (Å²) in [7, 11) is 0. The molecule has 0 bridgehead atoms. The first kappa shape index (κ1) is 13.3. The average molecular weight is 287 g/mol. The number of ether oxygens (including phenoxy) is 1. The van der Waals surface area contributed by atoms with E-state index in [-0.39, 0.29) is 12.0 Å². The van der Waals surface area contributed by atoms with Crippen LogP contribution in [-0.2, 0) is 29.0 Å². The van der Waals surface area contributed by atoms with E-state index in [1.165, 1.54) is 11.1 Å². The number of thiophene rings is 1. The van der Waals surface area contributed by atoms with E-state index in [2.05, 4.69) is 23.5 Å². The van der Waals surface area contributed by atoms with Crippen LogP contribution in [0.1, 0.15) is 16.7 Å². The van der Waals surface area contributed by atoms with Crippen molar-refractivity contribution in [3.63, 3.8) is 0 Å². The van der Waals surface area contributed by atoms with Crippen molar-refractivity contribution in [3.05, 3.63) is 57.8 Å². The van der Waals surface area contributed by atoms with Gasteiger partial charge in [0.25, 0.3) is 0 Å². The first-order chi connectivity index (χ1) is 9.81. The monoisotopic (exact) mass is 287 g/mol. The van der Waals surface area contributed by atoms with Crippen LogP contribution in [0.5, 0.6) is 0 Å². The van der Waals surface area contributed by atoms with Crippen LogP contribution in [-0.4, -0.2) is 18.6 Å². The quantitative estimate of drug-likeness (QED) is 0.938. The summed E-state index contributed by atoms with van der Waals surface area (Å²) in [4.78, 5) is 11.8. The molecule has 1 amide bonds. The number of hydrogen-bond acceptors (Lipinski definition) is 3. The number of carbonyl (C=O) groups is 1. The number of fused-ring (bicyclic) bond motifs is 1. The van der Waals surface area contributed by atoms with Gasteiger partial charge in [0.1, 0.15) is 0 Å². The normalized spacial score (nSPS) is 17.5. The molecule has 1 N–H and O–H groups in total. The number of carbonyl (C=O) groups excluding carboxylic acids is 1. The maximum Gasteiger partial charge on any atom is 0.224 e. The molecule has 0 saturated carbocycles. The van der Waals surface area contributed by atoms with Crippen LogP contribution in [0.2, 0.25) is 0 Å². The largest absolute Gasteiger partial charge is 0.371 e. The van der Waals surface area contributed by atoms with Crippen molar-refractivity contribution >= 4 is 17.2 Å². The molecule has 0 fully saturated rings. The van der Waals surface area contributed by atoms with E-state index in [0.717, 1.165) is 12.0 Å². The van der Waals surface area contributed by atoms with Crippen molar-refractivity contribution in [2.75, 3.05) is 6.54 Å². The van der Waals surface area contributed by atoms with Gasteiger partial charge < -0.3 is 10.1 Å². The van der Waals surface area contributed by atoms with E-state index in [9.17, 15) is 4.79 Å². The molecule has 1 aromatic carbocycles. The lowest BCUT2D eigenvalue weighted by Crippen LogP contribution is -2.37. The summed E-state index contributed by atoms with van der Waals surface area (Å²) in [5, 5.41) is 6.96. The van der Waals surface area contributed by atoms with Gasteiger partial charge in [-0.25, -0.2) is 0 Å². The van der Waals surface area contributed by atoms with Crippen LogP contribution in [0.4, 0.5) is 0 Å². The van der Waals surface area contributed by atoms with Crippen LogP contribution in [0.25, 0.3) is 0 Å². The maximum absolute atomic E-state index is 11.8. The summed E-state index contributed by atoms with van der Waals surface area (Å²) in [5.74, 6) is 0.0610. The molecule has 0 radical (unpaired) electrons. The molecule has 1 aromatic heterocycles. The molecule has 0 spiro atoms. The lowest BCUT2D eigenvalue weighted by Gasteiger charge is -2.25. The highest BCUT2D eigenvalue weighted by atomic mass is 32.1. The number of hydrogen-bond donors (Lipinski definition) is 1. The first-order valence-corrected chi connectivity index (χ1v) is 7.72. The Kier molecular flexibility index (Phi) is 4.14. The average Bonchev–Trinajstić information content (AvgIpc) is 2.98. The van der Waals surface area contributed by atoms with Gasteiger partial charge in [0.2, 0.25) is 5.91 Å². The minimum absolute atomic E-state index is 0.0610. The number of benzene rings is 1. The Bertz CT molecular complexity index is 580. The fraction of sp³-hybridized carbons (Fsp3) is 0.312. The molecule has 20 heavy (non-hydrogen) atoms. The van der Waals surface area contributed by atoms with Gasteiger partial charge in [-0.2, -0.15) is 11.3 Å². The topological polar surface area (TPSA) is 38.3 Å². The Morgan fingerprint density at radius 3 is 2.95 bits per heavy atom. The van der Waals surface area contributed by atoms with Crippen LogP contribution in [0.3, 0.4) is 0 Å². The van der Waals surface area contributed by atoms with Crippen molar-refractivity contribution in [2.24, 2.45) is 0 Å². The van der Waals surface area contributed by atoms with Crippen molar-refractivity contribution in [2.45, 2.75) is 25.6 Å². The third-order valence-electron chi connectivity index (χ3n) is 3.51. The van der Waals surface area contributed by atoms with Crippen molar-refractivity contribution in [1.82, 2.24) is 5.32 Å². The molecule has 2 aromatic rings. The summed E-state index contributed by atoms with van der Waals surface area (Å²) >= 11 is 1.62. The van der Waals surface area contributed by atoms with E-state index in [4.69, 9.17) is 4.74 Å². The van der Waals surface area contributed by atoms with Crippen molar-refractivity contribution in [1.29, 1.82) is 0 Å². The second kappa shape index (κ2) is 6.20. The fourth-order valence-corrected chi connectivity index (χ4v) is 3.08. The Labute approximate surface area is 122 Å². The molecular formula is C16H17NO2S. The Balaban J connectivity index is 1.49. The van der Waals surface area contributed by atoms with Gasteiger partial charge >= 0.3 is 0 Å². The highest BCUT2D eigenvalue weighted by Crippen LogP contribution is 2.19. The van der Waals surface area contributed by atoms with Gasteiger partial charge in [-0.05, 0) is 33.5 Å². The smallest absolute Gasteiger partial charge is 0.224 e. The summed E-state index contributed by atoms with van der Waals surface area (Å²) in [6, 6.07) is 10.3. The molecule has 4 heteroatoms. The maximum atomic E-state index is 11.8. The number of nitrogens with one attached hydrogen (secondary N) is 1. The molecule has 1 unspecified atom stereocenters. The van der Waals surface area contributed by atoms with Crippen LogP contribution in [0, 0.1) is 0 Å². The van der Waals surface area contributed by atoms with Gasteiger partial charge in [0.05, 0.1) is 19.1 Å². The zero-order valence-corrected chi connectivity index (χ0v) is 12.0. The van der Waals surface area contributed by atoms with E-state index in [1.807, 2.05) is 22.9 Å². The molecule has 1 aliphatic rings. The van der Waals surface area contributed by atoms with E-state index in [1.54, 1.807) is 11.3 Å². The van der Waals surface area contributed by atoms with Crippen LogP contribution in [0.15, 0.2) is 41.1 Å². The van der Waals surface area contributed by atoms with Crippen molar-refractivity contribution in [3.8, 4) is 0 Å². The van der Waals surface area contributed by atoms with E-state index in [0.29, 0.717) is 19.6 Å². The van der Waals surface area contributed by atoms with Gasteiger partial charge in [0, 0.05) is 13.0 Å². The minimum atomic E-state index is 0.0610. The second-order valence-corrected chi connectivity index (χ2v) is 5.80. The summed E-state index contributed by atoms with van der Waals surface area (Å²) < 4.78 is 5.78. The highest BCUT2D eigenvalue weighted by Gasteiger charge is 2.19. The lowest BCUT2D eigenvalue weighted by atomic mass is 9.99. The van der Waals surface area contributed by atoms with Gasteiger partial charge in [-0.3, -0.25) is 4.79 Å². The van der Waals surface area contributed by atoms with Gasteiger partial charge in [0.15, 0.2) is 0 Å². The van der Waals surface area contributed by atoms with Gasteiger partial charge in [-0.1, -0.05) is 24.3 Å². The summed E-state index contributed by atoms with van der Waals surface area (Å²) in [5.41, 5.74) is 3.66. The SMILES string of the molecule is O=C(Cc1ccsc1)NCC1Cc2ccccc2CO1. The third-order valence-corrected chi connectivity index (χ3v) is 4.24. The molecular weight excluding hydrogens is 270 g/mol. The molecule has 0 aliphatic carbocycles. The Morgan fingerprint density at radius 1 is 1.30 bits per heavy atom. The standard InChI is InChI=1S/C16H17NO2S/c18-16(7-12-5-6-20-11-12)17-9-15-8-13-3-1-2-4-14(13)10-19-15/h1-6,11,15H,7-10H2,(H,17,18). The number of rotatable bonds is 4. The van der Waals surface area contributed by atoms with Crippen LogP contribution < -0.4 is 5.32 Å². The predicted octanol–water partition coefficient (Wildman–Crippen LogP) is 2.55. The van der Waals surface area contributed by atoms with Crippen molar-refractivity contribution < 1.29 is 9.53 Å². The van der Waals surface area contributed by atoms with Gasteiger partial charge in [-0.15, -0.1) is 0 Å². The van der Waals surface area contributed by atoms with E-state index >= 15 is 0 Å². The summed E-state index contributed by atoms with van der Waals surface area (Å²) in [6.45, 7) is 1.22. The molecule has 1 aliphatic heterocycles. The molecule has 0 saturated heterocycles. The third kappa shape index (κ3) is 3.26. The molecule has 104 valence electrons. The van der Waals surface area contributed by atoms with E-state index < -0.39 is 0 Å². The molecule has 3 nitrogen and oxygen atoms in total. The molecule has 1 atom stereocenters.